The first-order valence-corrected chi connectivity index (χ1v) is 10.2. The Labute approximate surface area is 149 Å². The standard InChI is InChI=1S/C21H38O3/c1-4-5-6-7-8-9-10-11-12-15-21(16-13-14-17-22-21)19-18-23-20(2,3)24-19/h13-14,19H,4-12,15-18H2,1-3H3/t19-,21+/m0/s1. The van der Waals surface area contributed by atoms with Crippen LogP contribution in [0.15, 0.2) is 12.2 Å². The van der Waals surface area contributed by atoms with Crippen molar-refractivity contribution in [1.82, 2.24) is 0 Å². The summed E-state index contributed by atoms with van der Waals surface area (Å²) in [7, 11) is 0. The van der Waals surface area contributed by atoms with E-state index in [0.717, 1.165) is 12.8 Å². The van der Waals surface area contributed by atoms with E-state index >= 15 is 0 Å². The molecule has 0 bridgehead atoms. The van der Waals surface area contributed by atoms with Crippen LogP contribution in [0.4, 0.5) is 0 Å². The second-order valence-corrected chi connectivity index (χ2v) is 7.95. The molecule has 0 aromatic carbocycles. The minimum Gasteiger partial charge on any atom is -0.368 e. The van der Waals surface area contributed by atoms with Crippen molar-refractivity contribution in [2.24, 2.45) is 0 Å². The average Bonchev–Trinajstić information content (AvgIpc) is 2.95. The lowest BCUT2D eigenvalue weighted by atomic mass is 9.85. The maximum absolute atomic E-state index is 6.22. The summed E-state index contributed by atoms with van der Waals surface area (Å²) < 4.78 is 18.2. The van der Waals surface area contributed by atoms with Crippen LogP contribution in [-0.2, 0) is 14.2 Å². The van der Waals surface area contributed by atoms with Crippen molar-refractivity contribution in [3.05, 3.63) is 12.2 Å². The Hall–Kier alpha value is -0.380. The van der Waals surface area contributed by atoms with Crippen molar-refractivity contribution in [2.45, 2.75) is 109 Å². The Bertz CT molecular complexity index is 377. The molecule has 24 heavy (non-hydrogen) atoms. The fourth-order valence-corrected chi connectivity index (χ4v) is 3.86. The van der Waals surface area contributed by atoms with Crippen LogP contribution >= 0.6 is 0 Å². The molecule has 3 heteroatoms. The number of rotatable bonds is 11. The third kappa shape index (κ3) is 6.16. The van der Waals surface area contributed by atoms with Crippen molar-refractivity contribution in [2.75, 3.05) is 13.2 Å². The highest BCUT2D eigenvalue weighted by atomic mass is 16.8. The van der Waals surface area contributed by atoms with Gasteiger partial charge in [-0.15, -0.1) is 0 Å². The molecule has 0 aliphatic carbocycles. The Morgan fingerprint density at radius 3 is 2.08 bits per heavy atom. The monoisotopic (exact) mass is 338 g/mol. The predicted molar refractivity (Wildman–Crippen MR) is 99.2 cm³/mol. The highest BCUT2D eigenvalue weighted by Gasteiger charge is 2.47. The molecule has 3 nitrogen and oxygen atoms in total. The molecule has 2 heterocycles. The molecule has 2 rings (SSSR count). The molecular weight excluding hydrogens is 300 g/mol. The van der Waals surface area contributed by atoms with Gasteiger partial charge in [-0.05, 0) is 26.7 Å². The van der Waals surface area contributed by atoms with Gasteiger partial charge in [0.15, 0.2) is 5.79 Å². The first-order chi connectivity index (χ1) is 11.6. The van der Waals surface area contributed by atoms with Gasteiger partial charge in [0.05, 0.1) is 13.2 Å². The SMILES string of the molecule is CCCCCCCCCCC[C@]1([C@@H]2COC(C)(C)O2)CC=CCO1. The molecule has 0 saturated carbocycles. The van der Waals surface area contributed by atoms with E-state index in [1.165, 1.54) is 57.8 Å². The second-order valence-electron chi connectivity index (χ2n) is 7.95. The van der Waals surface area contributed by atoms with E-state index in [4.69, 9.17) is 14.2 Å². The van der Waals surface area contributed by atoms with E-state index in [9.17, 15) is 0 Å². The molecule has 140 valence electrons. The van der Waals surface area contributed by atoms with Gasteiger partial charge in [0.1, 0.15) is 11.7 Å². The Balaban J connectivity index is 1.68. The predicted octanol–water partition coefficient (Wildman–Crippen LogP) is 5.77. The Morgan fingerprint density at radius 1 is 0.875 bits per heavy atom. The maximum Gasteiger partial charge on any atom is 0.163 e. The maximum atomic E-state index is 6.22. The van der Waals surface area contributed by atoms with Gasteiger partial charge in [0, 0.05) is 0 Å². The highest BCUT2D eigenvalue weighted by Crippen LogP contribution is 2.38. The zero-order chi connectivity index (χ0) is 17.3. The van der Waals surface area contributed by atoms with Gasteiger partial charge in [-0.1, -0.05) is 76.9 Å². The fraction of sp³-hybridized carbons (Fsp3) is 0.905. The quantitative estimate of drug-likeness (QED) is 0.353. The molecule has 2 atom stereocenters. The normalized spacial score (nSPS) is 29.2. The summed E-state index contributed by atoms with van der Waals surface area (Å²) in [5.41, 5.74) is -0.177. The van der Waals surface area contributed by atoms with Crippen molar-refractivity contribution < 1.29 is 14.2 Å². The fourth-order valence-electron chi connectivity index (χ4n) is 3.86. The van der Waals surface area contributed by atoms with E-state index < -0.39 is 5.79 Å². The summed E-state index contributed by atoms with van der Waals surface area (Å²) in [6, 6.07) is 0. The molecule has 2 aliphatic rings. The highest BCUT2D eigenvalue weighted by molar-refractivity contribution is 5.03. The van der Waals surface area contributed by atoms with Gasteiger partial charge in [-0.3, -0.25) is 0 Å². The van der Waals surface area contributed by atoms with Crippen LogP contribution in [0.1, 0.15) is 91.4 Å². The molecule has 0 spiro atoms. The van der Waals surface area contributed by atoms with Gasteiger partial charge >= 0.3 is 0 Å². The third-order valence-electron chi connectivity index (χ3n) is 5.40. The van der Waals surface area contributed by atoms with Crippen molar-refractivity contribution in [1.29, 1.82) is 0 Å². The molecule has 0 aromatic heterocycles. The smallest absolute Gasteiger partial charge is 0.163 e. The van der Waals surface area contributed by atoms with Gasteiger partial charge in [0.2, 0.25) is 0 Å². The van der Waals surface area contributed by atoms with Crippen LogP contribution in [0, 0.1) is 0 Å². The number of unbranched alkanes of at least 4 members (excludes halogenated alkanes) is 8. The first kappa shape index (κ1) is 19.9. The van der Waals surface area contributed by atoms with Crippen LogP contribution in [-0.4, -0.2) is 30.7 Å². The summed E-state index contributed by atoms with van der Waals surface area (Å²) in [5, 5.41) is 0. The summed E-state index contributed by atoms with van der Waals surface area (Å²) in [6.45, 7) is 7.63. The molecule has 0 radical (unpaired) electrons. The van der Waals surface area contributed by atoms with Crippen LogP contribution in [0.3, 0.4) is 0 Å². The molecule has 0 aromatic rings. The Kier molecular flexibility index (Phi) is 8.25. The van der Waals surface area contributed by atoms with Crippen LogP contribution in [0.25, 0.3) is 0 Å². The zero-order valence-electron chi connectivity index (χ0n) is 16.1. The molecule has 0 unspecified atom stereocenters. The van der Waals surface area contributed by atoms with E-state index in [0.29, 0.717) is 13.2 Å². The molecule has 1 saturated heterocycles. The van der Waals surface area contributed by atoms with Crippen molar-refractivity contribution in [3.8, 4) is 0 Å². The second kappa shape index (κ2) is 9.94. The minimum absolute atomic E-state index is 0.0616. The van der Waals surface area contributed by atoms with Gasteiger partial charge in [-0.2, -0.15) is 0 Å². The Morgan fingerprint density at radius 2 is 1.54 bits per heavy atom. The summed E-state index contributed by atoms with van der Waals surface area (Å²) in [4.78, 5) is 0. The van der Waals surface area contributed by atoms with Gasteiger partial charge in [0.25, 0.3) is 0 Å². The van der Waals surface area contributed by atoms with Crippen LogP contribution < -0.4 is 0 Å². The van der Waals surface area contributed by atoms with E-state index in [1.807, 2.05) is 13.8 Å². The number of ether oxygens (including phenoxy) is 3. The number of hydrogen-bond acceptors (Lipinski definition) is 3. The molecule has 1 fully saturated rings. The topological polar surface area (TPSA) is 27.7 Å². The largest absolute Gasteiger partial charge is 0.368 e. The van der Waals surface area contributed by atoms with E-state index in [1.54, 1.807) is 0 Å². The lowest BCUT2D eigenvalue weighted by molar-refractivity contribution is -0.184. The molecule has 2 aliphatic heterocycles. The third-order valence-corrected chi connectivity index (χ3v) is 5.40. The van der Waals surface area contributed by atoms with Gasteiger partial charge in [-0.25, -0.2) is 0 Å². The molecule has 0 N–H and O–H groups in total. The first-order valence-electron chi connectivity index (χ1n) is 10.2. The molecule has 0 amide bonds. The average molecular weight is 339 g/mol. The molecular formula is C21H38O3. The zero-order valence-corrected chi connectivity index (χ0v) is 16.1. The van der Waals surface area contributed by atoms with Crippen LogP contribution in [0.2, 0.25) is 0 Å². The lowest BCUT2D eigenvalue weighted by Crippen LogP contribution is -2.48. The minimum atomic E-state index is -0.472. The summed E-state index contributed by atoms with van der Waals surface area (Å²) >= 11 is 0. The van der Waals surface area contributed by atoms with Crippen molar-refractivity contribution >= 4 is 0 Å². The van der Waals surface area contributed by atoms with E-state index in [-0.39, 0.29) is 11.7 Å². The summed E-state index contributed by atoms with van der Waals surface area (Å²) in [5.74, 6) is -0.472. The van der Waals surface area contributed by atoms with Crippen LogP contribution in [0.5, 0.6) is 0 Å². The lowest BCUT2D eigenvalue weighted by Gasteiger charge is -2.39. The van der Waals surface area contributed by atoms with E-state index in [2.05, 4.69) is 19.1 Å². The summed E-state index contributed by atoms with van der Waals surface area (Å²) in [6.07, 6.45) is 18.7. The number of hydrogen-bond donors (Lipinski definition) is 0. The van der Waals surface area contributed by atoms with Gasteiger partial charge < -0.3 is 14.2 Å². The van der Waals surface area contributed by atoms with Crippen molar-refractivity contribution in [3.63, 3.8) is 0 Å².